The molecule has 0 spiro atoms. The quantitative estimate of drug-likeness (QED) is 0.623. The van der Waals surface area contributed by atoms with Crippen LogP contribution < -0.4 is 10.6 Å². The maximum Gasteiger partial charge on any atom is 0.270 e. The van der Waals surface area contributed by atoms with Crippen LogP contribution >= 0.6 is 0 Å². The topological polar surface area (TPSA) is 67.2 Å². The van der Waals surface area contributed by atoms with Crippen molar-refractivity contribution in [1.82, 2.24) is 5.32 Å². The first-order valence-electron chi connectivity index (χ1n) is 6.59. The third-order valence-corrected chi connectivity index (χ3v) is 3.51. The second kappa shape index (κ2) is 6.60. The van der Waals surface area contributed by atoms with E-state index in [0.717, 1.165) is 32.0 Å². The molecule has 2 N–H and O–H groups in total. The highest BCUT2D eigenvalue weighted by atomic mass is 19.3. The van der Waals surface area contributed by atoms with Gasteiger partial charge in [-0.1, -0.05) is 0 Å². The molecule has 1 heterocycles. The fraction of sp³-hybridized carbons (Fsp3) is 0.538. The van der Waals surface area contributed by atoms with E-state index in [1.165, 1.54) is 12.1 Å². The number of hydrogen-bond acceptors (Lipinski definition) is 4. The Morgan fingerprint density at radius 1 is 1.50 bits per heavy atom. The van der Waals surface area contributed by atoms with Crippen molar-refractivity contribution in [3.63, 3.8) is 0 Å². The standard InChI is InChI=1S/C13H17F2N3O2/c14-13(15)11-7-10(18(19)20)1-2-12(11)17-6-4-9-3-5-16-8-9/h1-2,7,9,13,16-17H,3-6,8H2. The summed E-state index contributed by atoms with van der Waals surface area (Å²) in [6.07, 6.45) is -0.735. The van der Waals surface area contributed by atoms with Crippen molar-refractivity contribution in [1.29, 1.82) is 0 Å². The molecule has 110 valence electrons. The minimum absolute atomic E-state index is 0.275. The molecule has 0 saturated carbocycles. The summed E-state index contributed by atoms with van der Waals surface area (Å²) in [7, 11) is 0. The summed E-state index contributed by atoms with van der Waals surface area (Å²) in [6.45, 7) is 2.55. The zero-order valence-electron chi connectivity index (χ0n) is 10.9. The van der Waals surface area contributed by atoms with Crippen molar-refractivity contribution in [2.45, 2.75) is 19.3 Å². The van der Waals surface area contributed by atoms with Gasteiger partial charge in [0.1, 0.15) is 0 Å². The Hall–Kier alpha value is -1.76. The second-order valence-corrected chi connectivity index (χ2v) is 4.90. The summed E-state index contributed by atoms with van der Waals surface area (Å²) in [6, 6.07) is 3.53. The van der Waals surface area contributed by atoms with Crippen LogP contribution in [0.2, 0.25) is 0 Å². The molecule has 1 aliphatic heterocycles. The molecule has 2 rings (SSSR count). The molecule has 1 aliphatic rings. The Labute approximate surface area is 115 Å². The van der Waals surface area contributed by atoms with Gasteiger partial charge in [0.05, 0.1) is 4.92 Å². The van der Waals surface area contributed by atoms with Crippen molar-refractivity contribution in [2.24, 2.45) is 5.92 Å². The van der Waals surface area contributed by atoms with Crippen LogP contribution in [0.5, 0.6) is 0 Å². The minimum atomic E-state index is -2.73. The van der Waals surface area contributed by atoms with Gasteiger partial charge in [0.25, 0.3) is 12.1 Å². The molecule has 1 unspecified atom stereocenters. The fourth-order valence-electron chi connectivity index (χ4n) is 2.38. The summed E-state index contributed by atoms with van der Waals surface area (Å²) in [4.78, 5) is 9.94. The predicted octanol–water partition coefficient (Wildman–Crippen LogP) is 2.94. The highest BCUT2D eigenvalue weighted by molar-refractivity contribution is 5.56. The van der Waals surface area contributed by atoms with Gasteiger partial charge < -0.3 is 10.6 Å². The average Bonchev–Trinajstić information content (AvgIpc) is 2.91. The Morgan fingerprint density at radius 2 is 2.30 bits per heavy atom. The van der Waals surface area contributed by atoms with E-state index in [-0.39, 0.29) is 16.9 Å². The lowest BCUT2D eigenvalue weighted by atomic mass is 10.0. The molecule has 0 radical (unpaired) electrons. The van der Waals surface area contributed by atoms with Crippen molar-refractivity contribution < 1.29 is 13.7 Å². The van der Waals surface area contributed by atoms with Crippen LogP contribution in [-0.2, 0) is 0 Å². The molecule has 20 heavy (non-hydrogen) atoms. The number of rotatable bonds is 6. The number of nitrogens with zero attached hydrogens (tertiary/aromatic N) is 1. The monoisotopic (exact) mass is 285 g/mol. The number of nitro groups is 1. The van der Waals surface area contributed by atoms with Crippen molar-refractivity contribution >= 4 is 11.4 Å². The molecule has 0 amide bonds. The molecule has 1 aromatic rings. The maximum atomic E-state index is 12.9. The third-order valence-electron chi connectivity index (χ3n) is 3.51. The van der Waals surface area contributed by atoms with E-state index in [9.17, 15) is 18.9 Å². The van der Waals surface area contributed by atoms with Crippen LogP contribution in [0, 0.1) is 16.0 Å². The largest absolute Gasteiger partial charge is 0.385 e. The van der Waals surface area contributed by atoms with E-state index in [1.54, 1.807) is 0 Å². The molecule has 5 nitrogen and oxygen atoms in total. The first-order valence-corrected chi connectivity index (χ1v) is 6.59. The highest BCUT2D eigenvalue weighted by Gasteiger charge is 2.18. The van der Waals surface area contributed by atoms with E-state index in [2.05, 4.69) is 10.6 Å². The zero-order valence-corrected chi connectivity index (χ0v) is 10.9. The van der Waals surface area contributed by atoms with Crippen LogP contribution in [0.4, 0.5) is 20.2 Å². The smallest absolute Gasteiger partial charge is 0.270 e. The SMILES string of the molecule is O=[N+]([O-])c1ccc(NCCC2CCNC2)c(C(F)F)c1. The number of anilines is 1. The van der Waals surface area contributed by atoms with Crippen LogP contribution in [0.3, 0.4) is 0 Å². The molecule has 0 bridgehead atoms. The summed E-state index contributed by atoms with van der Waals surface area (Å²) in [5.74, 6) is 0.565. The van der Waals surface area contributed by atoms with Gasteiger partial charge in [-0.05, 0) is 37.9 Å². The molecule has 1 aromatic carbocycles. The van der Waals surface area contributed by atoms with Gasteiger partial charge in [0, 0.05) is 29.9 Å². The first kappa shape index (κ1) is 14.6. The molecule has 1 fully saturated rings. The molecular formula is C13H17F2N3O2. The summed E-state index contributed by atoms with van der Waals surface area (Å²) in [5, 5.41) is 16.8. The molecule has 7 heteroatoms. The third kappa shape index (κ3) is 3.63. The van der Waals surface area contributed by atoms with Crippen LogP contribution in [0.15, 0.2) is 18.2 Å². The van der Waals surface area contributed by atoms with Gasteiger partial charge in [-0.25, -0.2) is 8.78 Å². The zero-order chi connectivity index (χ0) is 14.5. The Bertz CT molecular complexity index is 477. The van der Waals surface area contributed by atoms with Gasteiger partial charge in [-0.2, -0.15) is 0 Å². The number of nitro benzene ring substituents is 1. The van der Waals surface area contributed by atoms with Gasteiger partial charge in [0.2, 0.25) is 0 Å². The predicted molar refractivity (Wildman–Crippen MR) is 72.1 cm³/mol. The van der Waals surface area contributed by atoms with E-state index in [1.807, 2.05) is 0 Å². The summed E-state index contributed by atoms with van der Waals surface area (Å²) < 4.78 is 25.9. The number of halogens is 2. The van der Waals surface area contributed by atoms with E-state index >= 15 is 0 Å². The summed E-state index contributed by atoms with van der Waals surface area (Å²) >= 11 is 0. The molecule has 0 aliphatic carbocycles. The van der Waals surface area contributed by atoms with E-state index in [4.69, 9.17) is 0 Å². The van der Waals surface area contributed by atoms with Crippen molar-refractivity contribution in [3.8, 4) is 0 Å². The van der Waals surface area contributed by atoms with Gasteiger partial charge >= 0.3 is 0 Å². The molecule has 0 aromatic heterocycles. The number of benzene rings is 1. The Morgan fingerprint density at radius 3 is 2.90 bits per heavy atom. The maximum absolute atomic E-state index is 12.9. The van der Waals surface area contributed by atoms with Crippen molar-refractivity contribution in [2.75, 3.05) is 25.0 Å². The van der Waals surface area contributed by atoms with Gasteiger partial charge in [-0.3, -0.25) is 10.1 Å². The number of non-ortho nitro benzene ring substituents is 1. The molecular weight excluding hydrogens is 268 g/mol. The minimum Gasteiger partial charge on any atom is -0.385 e. The van der Waals surface area contributed by atoms with Crippen LogP contribution in [0.1, 0.15) is 24.8 Å². The van der Waals surface area contributed by atoms with Crippen LogP contribution in [-0.4, -0.2) is 24.6 Å². The molecule has 1 atom stereocenters. The lowest BCUT2D eigenvalue weighted by molar-refractivity contribution is -0.385. The van der Waals surface area contributed by atoms with Gasteiger partial charge in [-0.15, -0.1) is 0 Å². The number of hydrogen-bond donors (Lipinski definition) is 2. The highest BCUT2D eigenvalue weighted by Crippen LogP contribution is 2.30. The number of alkyl halides is 2. The van der Waals surface area contributed by atoms with Crippen LogP contribution in [0.25, 0.3) is 0 Å². The lowest BCUT2D eigenvalue weighted by Crippen LogP contribution is -2.13. The second-order valence-electron chi connectivity index (χ2n) is 4.90. The van der Waals surface area contributed by atoms with Crippen molar-refractivity contribution in [3.05, 3.63) is 33.9 Å². The van der Waals surface area contributed by atoms with E-state index < -0.39 is 11.3 Å². The fourth-order valence-corrected chi connectivity index (χ4v) is 2.38. The summed E-state index contributed by atoms with van der Waals surface area (Å²) in [5.41, 5.74) is -0.355. The first-order chi connectivity index (χ1) is 9.58. The Kier molecular flexibility index (Phi) is 4.84. The van der Waals surface area contributed by atoms with Gasteiger partial charge in [0.15, 0.2) is 0 Å². The molecule has 1 saturated heterocycles. The lowest BCUT2D eigenvalue weighted by Gasteiger charge is -2.13. The number of nitrogens with one attached hydrogen (secondary N) is 2. The average molecular weight is 285 g/mol. The van der Waals surface area contributed by atoms with E-state index in [0.29, 0.717) is 12.5 Å². The normalized spacial score (nSPS) is 18.4. The Balaban J connectivity index is 2.00.